The molecule has 1 aliphatic heterocycles. The summed E-state index contributed by atoms with van der Waals surface area (Å²) in [5, 5.41) is 7.03. The molecule has 5 rings (SSSR count). The SMILES string of the molecule is O=C(NCc1ccccc1)N1CC(Oc2ccccc2-c2nc(-c3ccccc3)no2)C1. The van der Waals surface area contributed by atoms with Crippen molar-refractivity contribution >= 4 is 6.03 Å². The lowest BCUT2D eigenvalue weighted by Gasteiger charge is -2.39. The van der Waals surface area contributed by atoms with Gasteiger partial charge in [0.2, 0.25) is 5.82 Å². The Balaban J connectivity index is 1.20. The van der Waals surface area contributed by atoms with Gasteiger partial charge < -0.3 is 19.5 Å². The molecule has 4 aromatic rings. The van der Waals surface area contributed by atoms with E-state index in [9.17, 15) is 4.79 Å². The number of likely N-dealkylation sites (tertiary alicyclic amines) is 1. The Kier molecular flexibility index (Phi) is 5.53. The second-order valence-corrected chi connectivity index (χ2v) is 7.57. The third kappa shape index (κ3) is 4.32. The summed E-state index contributed by atoms with van der Waals surface area (Å²) in [7, 11) is 0. The normalized spacial score (nSPS) is 13.4. The molecule has 1 N–H and O–H groups in total. The Hall–Kier alpha value is -4.13. The number of ether oxygens (including phenoxy) is 1. The number of nitrogens with zero attached hydrogens (tertiary/aromatic N) is 3. The molecule has 0 unspecified atom stereocenters. The summed E-state index contributed by atoms with van der Waals surface area (Å²) in [6.07, 6.45) is -0.0878. The topological polar surface area (TPSA) is 80.5 Å². The van der Waals surface area contributed by atoms with Gasteiger partial charge in [0.05, 0.1) is 18.7 Å². The highest BCUT2D eigenvalue weighted by Crippen LogP contribution is 2.31. The highest BCUT2D eigenvalue weighted by molar-refractivity contribution is 5.75. The molecule has 0 saturated carbocycles. The van der Waals surface area contributed by atoms with Crippen molar-refractivity contribution in [2.45, 2.75) is 12.6 Å². The van der Waals surface area contributed by atoms with Crippen LogP contribution in [0.15, 0.2) is 89.5 Å². The zero-order valence-corrected chi connectivity index (χ0v) is 17.3. The standard InChI is InChI=1S/C25H22N4O3/c30-25(26-15-18-9-3-1-4-10-18)29-16-20(17-29)31-22-14-8-7-13-21(22)24-27-23(28-32-24)19-11-5-2-6-12-19/h1-14,20H,15-17H2,(H,26,30). The van der Waals surface area contributed by atoms with E-state index in [2.05, 4.69) is 15.5 Å². The van der Waals surface area contributed by atoms with Gasteiger partial charge >= 0.3 is 6.03 Å². The van der Waals surface area contributed by atoms with Crippen molar-refractivity contribution in [2.75, 3.05) is 13.1 Å². The fourth-order valence-corrected chi connectivity index (χ4v) is 3.53. The van der Waals surface area contributed by atoms with E-state index in [4.69, 9.17) is 9.26 Å². The Morgan fingerprint density at radius 3 is 2.44 bits per heavy atom. The minimum atomic E-state index is -0.0913. The minimum Gasteiger partial charge on any atom is -0.486 e. The number of benzene rings is 3. The zero-order chi connectivity index (χ0) is 21.8. The van der Waals surface area contributed by atoms with E-state index in [1.54, 1.807) is 4.90 Å². The van der Waals surface area contributed by atoms with E-state index in [1.807, 2.05) is 84.9 Å². The van der Waals surface area contributed by atoms with Crippen molar-refractivity contribution < 1.29 is 14.1 Å². The Morgan fingerprint density at radius 2 is 1.66 bits per heavy atom. The molecule has 0 aliphatic carbocycles. The molecule has 1 fully saturated rings. The van der Waals surface area contributed by atoms with Gasteiger partial charge in [-0.1, -0.05) is 78.0 Å². The van der Waals surface area contributed by atoms with Crippen molar-refractivity contribution in [1.29, 1.82) is 0 Å². The lowest BCUT2D eigenvalue weighted by molar-refractivity contribution is 0.0446. The van der Waals surface area contributed by atoms with Crippen molar-refractivity contribution in [3.05, 3.63) is 90.5 Å². The van der Waals surface area contributed by atoms with Crippen molar-refractivity contribution in [3.63, 3.8) is 0 Å². The Bertz CT molecular complexity index is 1190. The molecule has 2 amide bonds. The number of nitrogens with one attached hydrogen (secondary N) is 1. The molecule has 1 saturated heterocycles. The van der Waals surface area contributed by atoms with Crippen LogP contribution in [0.4, 0.5) is 4.79 Å². The van der Waals surface area contributed by atoms with Gasteiger partial charge in [0.25, 0.3) is 5.89 Å². The van der Waals surface area contributed by atoms with Crippen LogP contribution >= 0.6 is 0 Å². The van der Waals surface area contributed by atoms with Crippen molar-refractivity contribution in [2.24, 2.45) is 0 Å². The predicted octanol–water partition coefficient (Wildman–Crippen LogP) is 4.38. The molecule has 3 aromatic carbocycles. The highest BCUT2D eigenvalue weighted by Gasteiger charge is 2.33. The number of carbonyl (C=O) groups excluding carboxylic acids is 1. The van der Waals surface area contributed by atoms with Gasteiger partial charge in [-0.2, -0.15) is 4.98 Å². The van der Waals surface area contributed by atoms with Crippen molar-refractivity contribution in [3.8, 4) is 28.6 Å². The van der Waals surface area contributed by atoms with Crippen LogP contribution in [-0.2, 0) is 6.54 Å². The van der Waals surface area contributed by atoms with Gasteiger partial charge in [0.1, 0.15) is 11.9 Å². The van der Waals surface area contributed by atoms with Crippen LogP contribution in [0.25, 0.3) is 22.8 Å². The number of urea groups is 1. The molecule has 32 heavy (non-hydrogen) atoms. The van der Waals surface area contributed by atoms with Gasteiger partial charge in [0.15, 0.2) is 0 Å². The average Bonchev–Trinajstić information content (AvgIpc) is 3.31. The summed E-state index contributed by atoms with van der Waals surface area (Å²) >= 11 is 0. The molecule has 0 radical (unpaired) electrons. The number of rotatable bonds is 6. The van der Waals surface area contributed by atoms with Crippen LogP contribution in [0.3, 0.4) is 0 Å². The lowest BCUT2D eigenvalue weighted by atomic mass is 10.1. The van der Waals surface area contributed by atoms with E-state index < -0.39 is 0 Å². The summed E-state index contributed by atoms with van der Waals surface area (Å²) in [4.78, 5) is 18.6. The smallest absolute Gasteiger partial charge is 0.317 e. The van der Waals surface area contributed by atoms with Gasteiger partial charge in [-0.15, -0.1) is 0 Å². The van der Waals surface area contributed by atoms with E-state index in [-0.39, 0.29) is 12.1 Å². The van der Waals surface area contributed by atoms with Crippen LogP contribution in [0.2, 0.25) is 0 Å². The van der Waals surface area contributed by atoms with E-state index in [1.165, 1.54) is 0 Å². The van der Waals surface area contributed by atoms with Crippen LogP contribution in [0.1, 0.15) is 5.56 Å². The first kappa shape index (κ1) is 19.8. The van der Waals surface area contributed by atoms with Crippen LogP contribution in [0.5, 0.6) is 5.75 Å². The molecule has 7 nitrogen and oxygen atoms in total. The second-order valence-electron chi connectivity index (χ2n) is 7.57. The molecule has 2 heterocycles. The van der Waals surface area contributed by atoms with Crippen LogP contribution in [-0.4, -0.2) is 40.3 Å². The van der Waals surface area contributed by atoms with Gasteiger partial charge in [-0.05, 0) is 17.7 Å². The quantitative estimate of drug-likeness (QED) is 0.495. The Labute approximate surface area is 185 Å². The molecular weight excluding hydrogens is 404 g/mol. The molecule has 0 atom stereocenters. The predicted molar refractivity (Wildman–Crippen MR) is 120 cm³/mol. The summed E-state index contributed by atoms with van der Waals surface area (Å²) in [6.45, 7) is 1.55. The highest BCUT2D eigenvalue weighted by atomic mass is 16.5. The van der Waals surface area contributed by atoms with Gasteiger partial charge in [-0.3, -0.25) is 0 Å². The maximum atomic E-state index is 12.3. The van der Waals surface area contributed by atoms with Crippen LogP contribution in [0, 0.1) is 0 Å². The third-order valence-electron chi connectivity index (χ3n) is 5.29. The zero-order valence-electron chi connectivity index (χ0n) is 17.3. The van der Waals surface area contributed by atoms with Crippen LogP contribution < -0.4 is 10.1 Å². The fourth-order valence-electron chi connectivity index (χ4n) is 3.53. The van der Waals surface area contributed by atoms with Gasteiger partial charge in [-0.25, -0.2) is 4.79 Å². The van der Waals surface area contributed by atoms with E-state index in [0.29, 0.717) is 37.1 Å². The molecule has 7 heteroatoms. The first-order valence-electron chi connectivity index (χ1n) is 10.5. The summed E-state index contributed by atoms with van der Waals surface area (Å²) in [5.41, 5.74) is 2.68. The number of carbonyl (C=O) groups is 1. The fraction of sp³-hybridized carbons (Fsp3) is 0.160. The molecule has 0 spiro atoms. The van der Waals surface area contributed by atoms with E-state index in [0.717, 1.165) is 16.7 Å². The van der Waals surface area contributed by atoms with E-state index >= 15 is 0 Å². The summed E-state index contributed by atoms with van der Waals surface area (Å²) < 4.78 is 11.6. The number of para-hydroxylation sites is 1. The average molecular weight is 426 g/mol. The first-order valence-corrected chi connectivity index (χ1v) is 10.5. The molecule has 0 bridgehead atoms. The molecule has 160 valence electrons. The van der Waals surface area contributed by atoms with Gasteiger partial charge in [0, 0.05) is 12.1 Å². The largest absolute Gasteiger partial charge is 0.486 e. The summed E-state index contributed by atoms with van der Waals surface area (Å²) in [5.74, 6) is 1.58. The van der Waals surface area contributed by atoms with Crippen molar-refractivity contribution in [1.82, 2.24) is 20.4 Å². The first-order chi connectivity index (χ1) is 15.8. The number of hydrogen-bond donors (Lipinski definition) is 1. The monoisotopic (exact) mass is 426 g/mol. The maximum Gasteiger partial charge on any atom is 0.317 e. The lowest BCUT2D eigenvalue weighted by Crippen LogP contribution is -2.58. The minimum absolute atomic E-state index is 0.0878. The number of aromatic nitrogens is 2. The number of hydrogen-bond acceptors (Lipinski definition) is 5. The molecule has 1 aliphatic rings. The second kappa shape index (κ2) is 8.93. The maximum absolute atomic E-state index is 12.3. The molecule has 1 aromatic heterocycles. The third-order valence-corrected chi connectivity index (χ3v) is 5.29. The Morgan fingerprint density at radius 1 is 0.969 bits per heavy atom. The molecular formula is C25H22N4O3. The number of amides is 2. The summed E-state index contributed by atoms with van der Waals surface area (Å²) in [6, 6.07) is 27.0.